The van der Waals surface area contributed by atoms with Gasteiger partial charge in [-0.3, -0.25) is 9.59 Å². The highest BCUT2D eigenvalue weighted by atomic mass is 16.2. The maximum atomic E-state index is 12.2. The number of amides is 1. The average Bonchev–Trinajstić information content (AvgIpc) is 2.38. The Hall–Kier alpha value is -1.64. The minimum Gasteiger partial charge on any atom is -0.326 e. The molecular formula is C16H23NO2. The van der Waals surface area contributed by atoms with Crippen LogP contribution in [0.15, 0.2) is 24.3 Å². The Kier molecular flexibility index (Phi) is 6.26. The lowest BCUT2D eigenvalue weighted by Crippen LogP contribution is -2.22. The van der Waals surface area contributed by atoms with E-state index in [9.17, 15) is 9.59 Å². The monoisotopic (exact) mass is 261 g/mol. The predicted octanol–water partition coefficient (Wildman–Crippen LogP) is 4.04. The zero-order chi connectivity index (χ0) is 14.3. The number of rotatable bonds is 7. The van der Waals surface area contributed by atoms with Crippen molar-refractivity contribution in [2.24, 2.45) is 5.92 Å². The topological polar surface area (TPSA) is 46.2 Å². The number of anilines is 1. The van der Waals surface area contributed by atoms with Crippen LogP contribution >= 0.6 is 0 Å². The molecule has 3 heteroatoms. The number of nitrogens with one attached hydrogen (secondary N) is 1. The van der Waals surface area contributed by atoms with Gasteiger partial charge in [0.25, 0.3) is 0 Å². The third-order valence-electron chi connectivity index (χ3n) is 3.18. The SMILES string of the molecule is CCCC(CCC)C(=O)Nc1cccc(C(C)=O)c1. The van der Waals surface area contributed by atoms with E-state index in [-0.39, 0.29) is 17.6 Å². The van der Waals surface area contributed by atoms with E-state index in [2.05, 4.69) is 19.2 Å². The van der Waals surface area contributed by atoms with Crippen LogP contribution in [0.25, 0.3) is 0 Å². The Morgan fingerprint density at radius 1 is 1.16 bits per heavy atom. The molecule has 1 aromatic rings. The summed E-state index contributed by atoms with van der Waals surface area (Å²) in [5.74, 6) is 0.134. The van der Waals surface area contributed by atoms with Crippen LogP contribution in [-0.2, 0) is 4.79 Å². The molecule has 0 aliphatic rings. The maximum absolute atomic E-state index is 12.2. The molecule has 0 bridgehead atoms. The lowest BCUT2D eigenvalue weighted by atomic mass is 9.97. The summed E-state index contributed by atoms with van der Waals surface area (Å²) in [4.78, 5) is 23.5. The van der Waals surface area contributed by atoms with Gasteiger partial charge in [-0.2, -0.15) is 0 Å². The number of ketones is 1. The van der Waals surface area contributed by atoms with Crippen LogP contribution in [0.1, 0.15) is 56.8 Å². The molecule has 1 N–H and O–H groups in total. The lowest BCUT2D eigenvalue weighted by molar-refractivity contribution is -0.120. The minimum atomic E-state index is 0.00904. The van der Waals surface area contributed by atoms with E-state index in [4.69, 9.17) is 0 Å². The first kappa shape index (κ1) is 15.4. The fraction of sp³-hybridized carbons (Fsp3) is 0.500. The highest BCUT2D eigenvalue weighted by Gasteiger charge is 2.16. The molecule has 0 spiro atoms. The van der Waals surface area contributed by atoms with E-state index >= 15 is 0 Å². The zero-order valence-corrected chi connectivity index (χ0v) is 12.0. The molecule has 0 saturated heterocycles. The predicted molar refractivity (Wildman–Crippen MR) is 78.4 cm³/mol. The summed E-state index contributed by atoms with van der Waals surface area (Å²) in [6.07, 6.45) is 3.83. The third kappa shape index (κ3) is 4.86. The molecule has 1 aromatic carbocycles. The van der Waals surface area contributed by atoms with Crippen LogP contribution in [0.5, 0.6) is 0 Å². The Balaban J connectivity index is 2.74. The standard InChI is InChI=1S/C16H23NO2/c1-4-7-13(8-5-2)16(19)17-15-10-6-9-14(11-15)12(3)18/h6,9-11,13H,4-5,7-8H2,1-3H3,(H,17,19). The van der Waals surface area contributed by atoms with Gasteiger partial charge >= 0.3 is 0 Å². The summed E-state index contributed by atoms with van der Waals surface area (Å²) in [6, 6.07) is 7.10. The molecule has 0 heterocycles. The summed E-state index contributed by atoms with van der Waals surface area (Å²) in [5.41, 5.74) is 1.33. The average molecular weight is 261 g/mol. The van der Waals surface area contributed by atoms with Gasteiger partial charge in [0.15, 0.2) is 5.78 Å². The van der Waals surface area contributed by atoms with Gasteiger partial charge in [0, 0.05) is 17.2 Å². The summed E-state index contributed by atoms with van der Waals surface area (Å²) in [5, 5.41) is 2.92. The van der Waals surface area contributed by atoms with E-state index in [0.717, 1.165) is 25.7 Å². The van der Waals surface area contributed by atoms with Crippen molar-refractivity contribution in [1.29, 1.82) is 0 Å². The van der Waals surface area contributed by atoms with Crippen molar-refractivity contribution in [1.82, 2.24) is 0 Å². The summed E-state index contributed by atoms with van der Waals surface area (Å²) < 4.78 is 0. The Labute approximate surface area is 115 Å². The number of carbonyl (C=O) groups is 2. The van der Waals surface area contributed by atoms with Gasteiger partial charge in [-0.05, 0) is 31.9 Å². The smallest absolute Gasteiger partial charge is 0.227 e. The van der Waals surface area contributed by atoms with E-state index in [1.807, 2.05) is 6.07 Å². The van der Waals surface area contributed by atoms with Gasteiger partial charge in [0.05, 0.1) is 0 Å². The molecule has 0 atom stereocenters. The van der Waals surface area contributed by atoms with Crippen molar-refractivity contribution in [3.05, 3.63) is 29.8 Å². The summed E-state index contributed by atoms with van der Waals surface area (Å²) in [6.45, 7) is 5.70. The van der Waals surface area contributed by atoms with Gasteiger partial charge in [-0.1, -0.05) is 38.8 Å². The molecule has 1 amide bonds. The maximum Gasteiger partial charge on any atom is 0.227 e. The van der Waals surface area contributed by atoms with Crippen molar-refractivity contribution in [3.8, 4) is 0 Å². The normalized spacial score (nSPS) is 10.5. The summed E-state index contributed by atoms with van der Waals surface area (Å²) in [7, 11) is 0. The zero-order valence-electron chi connectivity index (χ0n) is 12.0. The number of benzene rings is 1. The van der Waals surface area contributed by atoms with Gasteiger partial charge in [0.2, 0.25) is 5.91 Å². The van der Waals surface area contributed by atoms with Gasteiger partial charge < -0.3 is 5.32 Å². The Morgan fingerprint density at radius 3 is 2.32 bits per heavy atom. The molecule has 104 valence electrons. The van der Waals surface area contributed by atoms with E-state index in [1.165, 1.54) is 6.92 Å². The van der Waals surface area contributed by atoms with Crippen molar-refractivity contribution in [2.45, 2.75) is 46.5 Å². The first-order valence-corrected chi connectivity index (χ1v) is 7.00. The van der Waals surface area contributed by atoms with Crippen LogP contribution in [0.3, 0.4) is 0 Å². The van der Waals surface area contributed by atoms with Crippen LogP contribution in [0.2, 0.25) is 0 Å². The minimum absolute atomic E-state index is 0.00904. The van der Waals surface area contributed by atoms with Crippen molar-refractivity contribution < 1.29 is 9.59 Å². The van der Waals surface area contributed by atoms with Crippen LogP contribution in [0, 0.1) is 5.92 Å². The highest BCUT2D eigenvalue weighted by molar-refractivity contribution is 5.97. The molecule has 0 aliphatic heterocycles. The molecule has 0 fully saturated rings. The van der Waals surface area contributed by atoms with E-state index in [1.54, 1.807) is 18.2 Å². The van der Waals surface area contributed by atoms with Crippen LogP contribution < -0.4 is 5.32 Å². The molecule has 19 heavy (non-hydrogen) atoms. The largest absolute Gasteiger partial charge is 0.326 e. The van der Waals surface area contributed by atoms with Crippen molar-refractivity contribution in [3.63, 3.8) is 0 Å². The second-order valence-electron chi connectivity index (χ2n) is 4.90. The summed E-state index contributed by atoms with van der Waals surface area (Å²) >= 11 is 0. The van der Waals surface area contributed by atoms with E-state index in [0.29, 0.717) is 11.3 Å². The molecular weight excluding hydrogens is 238 g/mol. The molecule has 0 aromatic heterocycles. The lowest BCUT2D eigenvalue weighted by Gasteiger charge is -2.15. The molecule has 1 rings (SSSR count). The van der Waals surface area contributed by atoms with Crippen LogP contribution in [0.4, 0.5) is 5.69 Å². The van der Waals surface area contributed by atoms with E-state index < -0.39 is 0 Å². The molecule has 0 aliphatic carbocycles. The van der Waals surface area contributed by atoms with Gasteiger partial charge in [0.1, 0.15) is 0 Å². The second-order valence-corrected chi connectivity index (χ2v) is 4.90. The fourth-order valence-corrected chi connectivity index (χ4v) is 2.16. The molecule has 3 nitrogen and oxygen atoms in total. The number of hydrogen-bond donors (Lipinski definition) is 1. The van der Waals surface area contributed by atoms with Gasteiger partial charge in [-0.25, -0.2) is 0 Å². The van der Waals surface area contributed by atoms with Crippen molar-refractivity contribution in [2.75, 3.05) is 5.32 Å². The first-order valence-electron chi connectivity index (χ1n) is 7.00. The Morgan fingerprint density at radius 2 is 1.79 bits per heavy atom. The quantitative estimate of drug-likeness (QED) is 0.753. The fourth-order valence-electron chi connectivity index (χ4n) is 2.16. The first-order chi connectivity index (χ1) is 9.08. The number of Topliss-reactive ketones (excluding diaryl/α,β-unsaturated/α-hetero) is 1. The number of carbonyl (C=O) groups excluding carboxylic acids is 2. The van der Waals surface area contributed by atoms with Crippen LogP contribution in [-0.4, -0.2) is 11.7 Å². The second kappa shape index (κ2) is 7.72. The molecule has 0 saturated carbocycles. The number of hydrogen-bond acceptors (Lipinski definition) is 2. The highest BCUT2D eigenvalue weighted by Crippen LogP contribution is 2.18. The Bertz CT molecular complexity index is 434. The molecule has 0 unspecified atom stereocenters. The molecule has 0 radical (unpaired) electrons. The third-order valence-corrected chi connectivity index (χ3v) is 3.18. The van der Waals surface area contributed by atoms with Gasteiger partial charge in [-0.15, -0.1) is 0 Å². The van der Waals surface area contributed by atoms with Crippen molar-refractivity contribution >= 4 is 17.4 Å².